The van der Waals surface area contributed by atoms with Gasteiger partial charge in [-0.3, -0.25) is 4.79 Å². The Morgan fingerprint density at radius 1 is 1.30 bits per heavy atom. The molecule has 0 radical (unpaired) electrons. The molecule has 120 valence electrons. The summed E-state index contributed by atoms with van der Waals surface area (Å²) < 4.78 is 12.2. The van der Waals surface area contributed by atoms with Crippen LogP contribution in [0.2, 0.25) is 0 Å². The smallest absolute Gasteiger partial charge is 0.261 e. The van der Waals surface area contributed by atoms with Gasteiger partial charge in [-0.2, -0.15) is 0 Å². The first-order chi connectivity index (χ1) is 11.1. The summed E-state index contributed by atoms with van der Waals surface area (Å²) in [7, 11) is 0. The molecule has 1 N–H and O–H groups in total. The van der Waals surface area contributed by atoms with Gasteiger partial charge in [0, 0.05) is 16.5 Å². The van der Waals surface area contributed by atoms with Gasteiger partial charge in [0.25, 0.3) is 5.91 Å². The van der Waals surface area contributed by atoms with Gasteiger partial charge in [-0.05, 0) is 31.2 Å². The summed E-state index contributed by atoms with van der Waals surface area (Å²) in [6.45, 7) is 2.35. The SMILES string of the molecule is CC(Oc1cccc(Br)c1)C(=O)NC1CCOc2ccccc21. The number of nitrogens with one attached hydrogen (secondary N) is 1. The average Bonchev–Trinajstić information content (AvgIpc) is 2.55. The van der Waals surface area contributed by atoms with Gasteiger partial charge in [0.05, 0.1) is 12.6 Å². The van der Waals surface area contributed by atoms with Crippen LogP contribution in [0.15, 0.2) is 53.0 Å². The second-order valence-electron chi connectivity index (χ2n) is 5.45. The minimum atomic E-state index is -0.570. The molecule has 0 aliphatic carbocycles. The van der Waals surface area contributed by atoms with Gasteiger partial charge in [0.2, 0.25) is 0 Å². The molecule has 0 fully saturated rings. The van der Waals surface area contributed by atoms with E-state index in [1.165, 1.54) is 0 Å². The number of benzene rings is 2. The maximum absolute atomic E-state index is 12.4. The molecule has 2 aromatic carbocycles. The molecule has 0 bridgehead atoms. The molecule has 4 nitrogen and oxygen atoms in total. The quantitative estimate of drug-likeness (QED) is 0.882. The van der Waals surface area contributed by atoms with Gasteiger partial charge < -0.3 is 14.8 Å². The molecule has 1 amide bonds. The van der Waals surface area contributed by atoms with Crippen LogP contribution in [-0.2, 0) is 4.79 Å². The first kappa shape index (κ1) is 15.9. The summed E-state index contributed by atoms with van der Waals surface area (Å²) >= 11 is 3.39. The number of hydrogen-bond donors (Lipinski definition) is 1. The lowest BCUT2D eigenvalue weighted by Gasteiger charge is -2.27. The van der Waals surface area contributed by atoms with E-state index in [-0.39, 0.29) is 11.9 Å². The van der Waals surface area contributed by atoms with E-state index in [9.17, 15) is 4.79 Å². The number of fused-ring (bicyclic) bond motifs is 1. The molecular formula is C18H18BrNO3. The molecule has 1 aliphatic rings. The molecule has 0 saturated carbocycles. The van der Waals surface area contributed by atoms with Crippen molar-refractivity contribution in [2.24, 2.45) is 0 Å². The van der Waals surface area contributed by atoms with Crippen LogP contribution >= 0.6 is 15.9 Å². The van der Waals surface area contributed by atoms with Gasteiger partial charge in [0.1, 0.15) is 11.5 Å². The van der Waals surface area contributed by atoms with Gasteiger partial charge in [0.15, 0.2) is 6.10 Å². The van der Waals surface area contributed by atoms with E-state index >= 15 is 0 Å². The third-order valence-corrected chi connectivity index (χ3v) is 4.25. The summed E-state index contributed by atoms with van der Waals surface area (Å²) in [5.41, 5.74) is 1.02. The number of amides is 1. The zero-order chi connectivity index (χ0) is 16.2. The molecule has 2 atom stereocenters. The molecular weight excluding hydrogens is 358 g/mol. The molecule has 2 unspecified atom stereocenters. The van der Waals surface area contributed by atoms with Crippen molar-refractivity contribution in [1.82, 2.24) is 5.32 Å². The normalized spacial score (nSPS) is 17.6. The third kappa shape index (κ3) is 3.85. The van der Waals surface area contributed by atoms with Crippen LogP contribution in [0.3, 0.4) is 0 Å². The van der Waals surface area contributed by atoms with E-state index < -0.39 is 6.10 Å². The highest BCUT2D eigenvalue weighted by Crippen LogP contribution is 2.31. The second kappa shape index (κ2) is 7.04. The van der Waals surface area contributed by atoms with Crippen molar-refractivity contribution in [3.63, 3.8) is 0 Å². The molecule has 0 aromatic heterocycles. The lowest BCUT2D eigenvalue weighted by molar-refractivity contribution is -0.128. The highest BCUT2D eigenvalue weighted by molar-refractivity contribution is 9.10. The van der Waals surface area contributed by atoms with Crippen LogP contribution in [0.25, 0.3) is 0 Å². The minimum Gasteiger partial charge on any atom is -0.493 e. The number of hydrogen-bond acceptors (Lipinski definition) is 3. The number of para-hydroxylation sites is 1. The molecule has 2 aromatic rings. The lowest BCUT2D eigenvalue weighted by atomic mass is 10.0. The van der Waals surface area contributed by atoms with E-state index in [4.69, 9.17) is 9.47 Å². The van der Waals surface area contributed by atoms with Crippen LogP contribution in [0.5, 0.6) is 11.5 Å². The fraction of sp³-hybridized carbons (Fsp3) is 0.278. The van der Waals surface area contributed by atoms with Gasteiger partial charge in [-0.1, -0.05) is 40.2 Å². The Hall–Kier alpha value is -2.01. The zero-order valence-electron chi connectivity index (χ0n) is 12.8. The first-order valence-electron chi connectivity index (χ1n) is 7.58. The van der Waals surface area contributed by atoms with E-state index in [2.05, 4.69) is 21.2 Å². The molecule has 3 rings (SSSR count). The number of halogens is 1. The third-order valence-electron chi connectivity index (χ3n) is 3.75. The van der Waals surface area contributed by atoms with Gasteiger partial charge in [-0.15, -0.1) is 0 Å². The molecule has 0 spiro atoms. The van der Waals surface area contributed by atoms with Crippen molar-refractivity contribution in [1.29, 1.82) is 0 Å². The highest BCUT2D eigenvalue weighted by atomic mass is 79.9. The van der Waals surface area contributed by atoms with Crippen molar-refractivity contribution in [3.8, 4) is 11.5 Å². The molecule has 23 heavy (non-hydrogen) atoms. The van der Waals surface area contributed by atoms with Crippen LogP contribution in [0.1, 0.15) is 24.9 Å². The Balaban J connectivity index is 1.65. The molecule has 0 saturated heterocycles. The van der Waals surface area contributed by atoms with Crippen molar-refractivity contribution in [2.45, 2.75) is 25.5 Å². The number of rotatable bonds is 4. The summed E-state index contributed by atoms with van der Waals surface area (Å²) in [4.78, 5) is 12.4. The first-order valence-corrected chi connectivity index (χ1v) is 8.37. The minimum absolute atomic E-state index is 0.0407. The van der Waals surface area contributed by atoms with Crippen molar-refractivity contribution in [2.75, 3.05) is 6.61 Å². The van der Waals surface area contributed by atoms with Crippen molar-refractivity contribution < 1.29 is 14.3 Å². The predicted molar refractivity (Wildman–Crippen MR) is 91.7 cm³/mol. The fourth-order valence-corrected chi connectivity index (χ4v) is 2.96. The Labute approximate surface area is 143 Å². The fourth-order valence-electron chi connectivity index (χ4n) is 2.58. The Bertz CT molecular complexity index is 704. The van der Waals surface area contributed by atoms with Gasteiger partial charge >= 0.3 is 0 Å². The average molecular weight is 376 g/mol. The maximum Gasteiger partial charge on any atom is 0.261 e. The second-order valence-corrected chi connectivity index (χ2v) is 6.37. The van der Waals surface area contributed by atoms with Crippen LogP contribution in [0, 0.1) is 0 Å². The lowest BCUT2D eigenvalue weighted by Crippen LogP contribution is -2.40. The predicted octanol–water partition coefficient (Wildman–Crippen LogP) is 3.86. The standard InChI is InChI=1S/C18H18BrNO3/c1-12(23-14-6-4-5-13(19)11-14)18(21)20-16-9-10-22-17-8-3-2-7-15(16)17/h2-8,11-12,16H,9-10H2,1H3,(H,20,21). The largest absolute Gasteiger partial charge is 0.493 e. The topological polar surface area (TPSA) is 47.6 Å². The van der Waals surface area contributed by atoms with E-state index in [1.807, 2.05) is 48.5 Å². The Kier molecular flexibility index (Phi) is 4.86. The summed E-state index contributed by atoms with van der Waals surface area (Å²) in [5.74, 6) is 1.37. The number of carbonyl (C=O) groups is 1. The molecule has 5 heteroatoms. The van der Waals surface area contributed by atoms with E-state index in [1.54, 1.807) is 6.92 Å². The Morgan fingerprint density at radius 2 is 2.13 bits per heavy atom. The summed E-state index contributed by atoms with van der Waals surface area (Å²) in [6.07, 6.45) is 0.186. The summed E-state index contributed by atoms with van der Waals surface area (Å²) in [5, 5.41) is 3.05. The van der Waals surface area contributed by atoms with Crippen LogP contribution in [0.4, 0.5) is 0 Å². The highest BCUT2D eigenvalue weighted by Gasteiger charge is 2.25. The van der Waals surface area contributed by atoms with Gasteiger partial charge in [-0.25, -0.2) is 0 Å². The van der Waals surface area contributed by atoms with Crippen molar-refractivity contribution >= 4 is 21.8 Å². The monoisotopic (exact) mass is 375 g/mol. The maximum atomic E-state index is 12.4. The zero-order valence-corrected chi connectivity index (χ0v) is 14.4. The molecule has 1 heterocycles. The van der Waals surface area contributed by atoms with E-state index in [0.29, 0.717) is 12.4 Å². The molecule has 1 aliphatic heterocycles. The summed E-state index contributed by atoms with van der Waals surface area (Å²) in [6, 6.07) is 15.2. The number of ether oxygens (including phenoxy) is 2. The van der Waals surface area contributed by atoms with Crippen LogP contribution < -0.4 is 14.8 Å². The van der Waals surface area contributed by atoms with Crippen molar-refractivity contribution in [3.05, 3.63) is 58.6 Å². The number of carbonyl (C=O) groups excluding carboxylic acids is 1. The Morgan fingerprint density at radius 3 is 2.96 bits per heavy atom. The van der Waals surface area contributed by atoms with E-state index in [0.717, 1.165) is 22.2 Å². The van der Waals surface area contributed by atoms with Crippen LogP contribution in [-0.4, -0.2) is 18.6 Å².